The SMILES string of the molecule is CC(=O)[C@H]1C[C@H]1C[Se]c1ccccc1. The van der Waals surface area contributed by atoms with Gasteiger partial charge < -0.3 is 0 Å². The number of hydrogen-bond acceptors (Lipinski definition) is 1. The molecule has 0 spiro atoms. The molecule has 74 valence electrons. The van der Waals surface area contributed by atoms with Gasteiger partial charge in [-0.2, -0.15) is 0 Å². The quantitative estimate of drug-likeness (QED) is 0.746. The van der Waals surface area contributed by atoms with Crippen molar-refractivity contribution < 1.29 is 4.79 Å². The molecule has 2 heteroatoms. The zero-order chi connectivity index (χ0) is 9.97. The standard InChI is InChI=1S/C12H14OSe/c1-9(13)12-7-10(12)8-14-11-5-3-2-4-6-11/h2-6,10,12H,7-8H2,1H3/t10-,12+/m0/s1. The Kier molecular flexibility index (Phi) is 3.05. The average Bonchev–Trinajstić information content (AvgIpc) is 2.96. The van der Waals surface area contributed by atoms with Gasteiger partial charge in [0.25, 0.3) is 0 Å². The molecule has 0 heterocycles. The van der Waals surface area contributed by atoms with Crippen LogP contribution in [-0.4, -0.2) is 20.7 Å². The van der Waals surface area contributed by atoms with Crippen molar-refractivity contribution in [1.82, 2.24) is 0 Å². The third kappa shape index (κ3) is 2.46. The summed E-state index contributed by atoms with van der Waals surface area (Å²) in [5, 5.41) is 1.24. The van der Waals surface area contributed by atoms with Gasteiger partial charge in [0.05, 0.1) is 0 Å². The second kappa shape index (κ2) is 4.29. The van der Waals surface area contributed by atoms with Gasteiger partial charge in [-0.05, 0) is 0 Å². The zero-order valence-corrected chi connectivity index (χ0v) is 9.99. The fourth-order valence-corrected chi connectivity index (χ4v) is 4.01. The van der Waals surface area contributed by atoms with Gasteiger partial charge in [-0.25, -0.2) is 0 Å². The monoisotopic (exact) mass is 254 g/mol. The molecule has 0 aliphatic heterocycles. The fourth-order valence-electron chi connectivity index (χ4n) is 1.65. The van der Waals surface area contributed by atoms with E-state index in [0.717, 1.165) is 6.42 Å². The summed E-state index contributed by atoms with van der Waals surface area (Å²) in [6.07, 6.45) is 1.14. The second-order valence-corrected chi connectivity index (χ2v) is 6.13. The van der Waals surface area contributed by atoms with E-state index in [1.54, 1.807) is 6.92 Å². The summed E-state index contributed by atoms with van der Waals surface area (Å²) in [5.41, 5.74) is 0. The number of benzene rings is 1. The third-order valence-corrected chi connectivity index (χ3v) is 5.17. The van der Waals surface area contributed by atoms with Crippen LogP contribution < -0.4 is 4.46 Å². The molecule has 1 aliphatic carbocycles. The van der Waals surface area contributed by atoms with E-state index in [4.69, 9.17) is 0 Å². The van der Waals surface area contributed by atoms with E-state index < -0.39 is 0 Å². The maximum atomic E-state index is 11.0. The Morgan fingerprint density at radius 2 is 2.14 bits per heavy atom. The molecule has 0 radical (unpaired) electrons. The normalized spacial score (nSPS) is 24.6. The van der Waals surface area contributed by atoms with Crippen LogP contribution in [0, 0.1) is 11.8 Å². The van der Waals surface area contributed by atoms with E-state index in [2.05, 4.69) is 30.3 Å². The van der Waals surface area contributed by atoms with Crippen LogP contribution in [0.5, 0.6) is 0 Å². The summed E-state index contributed by atoms with van der Waals surface area (Å²) in [6, 6.07) is 10.6. The molecule has 0 saturated heterocycles. The minimum atomic E-state index is 0.388. The van der Waals surface area contributed by atoms with E-state index in [-0.39, 0.29) is 0 Å². The van der Waals surface area contributed by atoms with Crippen LogP contribution in [0.15, 0.2) is 30.3 Å². The first-order valence-electron chi connectivity index (χ1n) is 4.95. The molecule has 2 atom stereocenters. The van der Waals surface area contributed by atoms with Crippen LogP contribution in [0.3, 0.4) is 0 Å². The Bertz CT molecular complexity index is 320. The van der Waals surface area contributed by atoms with Crippen molar-refractivity contribution in [2.45, 2.75) is 18.7 Å². The Hall–Kier alpha value is -0.591. The topological polar surface area (TPSA) is 17.1 Å². The molecule has 2 rings (SSSR count). The molecule has 0 amide bonds. The molecule has 0 unspecified atom stereocenters. The molecule has 1 aliphatic rings. The molecule has 14 heavy (non-hydrogen) atoms. The van der Waals surface area contributed by atoms with E-state index in [1.807, 2.05) is 0 Å². The van der Waals surface area contributed by atoms with E-state index in [9.17, 15) is 4.79 Å². The first-order chi connectivity index (χ1) is 6.77. The molecule has 1 aromatic rings. The molecular weight excluding hydrogens is 239 g/mol. The van der Waals surface area contributed by atoms with Crippen LogP contribution in [0.1, 0.15) is 13.3 Å². The fraction of sp³-hybridized carbons (Fsp3) is 0.417. The second-order valence-electron chi connectivity index (χ2n) is 3.84. The number of carbonyl (C=O) groups is 1. The predicted molar refractivity (Wildman–Crippen MR) is 58.9 cm³/mol. The van der Waals surface area contributed by atoms with Gasteiger partial charge in [0, 0.05) is 0 Å². The minimum absolute atomic E-state index is 0.388. The summed E-state index contributed by atoms with van der Waals surface area (Å²) in [7, 11) is 0. The predicted octanol–water partition coefficient (Wildman–Crippen LogP) is 1.66. The summed E-state index contributed by atoms with van der Waals surface area (Å²) >= 11 is 0.566. The Balaban J connectivity index is 1.77. The van der Waals surface area contributed by atoms with Crippen LogP contribution >= 0.6 is 0 Å². The first-order valence-corrected chi connectivity index (χ1v) is 7.02. The van der Waals surface area contributed by atoms with Crippen LogP contribution in [0.2, 0.25) is 5.32 Å². The molecule has 0 N–H and O–H groups in total. The number of Topliss-reactive ketones (excluding diaryl/α,β-unsaturated/α-hetero) is 1. The van der Waals surface area contributed by atoms with Crippen molar-refractivity contribution in [1.29, 1.82) is 0 Å². The van der Waals surface area contributed by atoms with Crippen molar-refractivity contribution in [3.05, 3.63) is 30.3 Å². The molecule has 1 fully saturated rings. The third-order valence-electron chi connectivity index (χ3n) is 2.65. The average molecular weight is 253 g/mol. The van der Waals surface area contributed by atoms with Crippen molar-refractivity contribution in [3.63, 3.8) is 0 Å². The number of ketones is 1. The van der Waals surface area contributed by atoms with Gasteiger partial charge in [0.15, 0.2) is 0 Å². The molecule has 0 aromatic heterocycles. The van der Waals surface area contributed by atoms with Crippen LogP contribution in [-0.2, 0) is 4.79 Å². The van der Waals surface area contributed by atoms with E-state index in [1.165, 1.54) is 9.78 Å². The van der Waals surface area contributed by atoms with Crippen LogP contribution in [0.25, 0.3) is 0 Å². The molecule has 0 bridgehead atoms. The van der Waals surface area contributed by atoms with Gasteiger partial charge in [-0.15, -0.1) is 0 Å². The summed E-state index contributed by atoms with van der Waals surface area (Å²) in [5.74, 6) is 1.49. The van der Waals surface area contributed by atoms with Crippen molar-refractivity contribution >= 4 is 25.2 Å². The van der Waals surface area contributed by atoms with Gasteiger partial charge in [-0.1, -0.05) is 0 Å². The Morgan fingerprint density at radius 3 is 2.71 bits per heavy atom. The number of carbonyl (C=O) groups excluding carboxylic acids is 1. The first kappa shape index (κ1) is 9.95. The van der Waals surface area contributed by atoms with Gasteiger partial charge in [0.2, 0.25) is 0 Å². The van der Waals surface area contributed by atoms with Crippen molar-refractivity contribution in [2.75, 3.05) is 0 Å². The van der Waals surface area contributed by atoms with Gasteiger partial charge >= 0.3 is 90.8 Å². The van der Waals surface area contributed by atoms with E-state index >= 15 is 0 Å². The summed E-state index contributed by atoms with van der Waals surface area (Å²) in [6.45, 7) is 1.72. The summed E-state index contributed by atoms with van der Waals surface area (Å²) in [4.78, 5) is 11.0. The van der Waals surface area contributed by atoms with Crippen LogP contribution in [0.4, 0.5) is 0 Å². The zero-order valence-electron chi connectivity index (χ0n) is 8.27. The Labute approximate surface area is 91.1 Å². The molecular formula is C12H14OSe. The van der Waals surface area contributed by atoms with Crippen molar-refractivity contribution in [3.8, 4) is 0 Å². The number of rotatable bonds is 4. The van der Waals surface area contributed by atoms with Gasteiger partial charge in [-0.3, -0.25) is 0 Å². The maximum absolute atomic E-state index is 11.0. The Morgan fingerprint density at radius 1 is 1.43 bits per heavy atom. The van der Waals surface area contributed by atoms with Gasteiger partial charge in [0.1, 0.15) is 0 Å². The molecule has 1 aromatic carbocycles. The summed E-state index contributed by atoms with van der Waals surface area (Å²) < 4.78 is 1.45. The van der Waals surface area contributed by atoms with E-state index in [0.29, 0.717) is 32.6 Å². The number of hydrogen-bond donors (Lipinski definition) is 0. The van der Waals surface area contributed by atoms with Crippen molar-refractivity contribution in [2.24, 2.45) is 11.8 Å². The molecule has 1 saturated carbocycles. The molecule has 1 nitrogen and oxygen atoms in total.